The van der Waals surface area contributed by atoms with Crippen LogP contribution in [-0.4, -0.2) is 153 Å². The van der Waals surface area contributed by atoms with E-state index in [9.17, 15) is 24.4 Å². The van der Waals surface area contributed by atoms with Gasteiger partial charge in [-0.3, -0.25) is 24.1 Å². The van der Waals surface area contributed by atoms with Gasteiger partial charge in [0.05, 0.1) is 50.0 Å². The van der Waals surface area contributed by atoms with Gasteiger partial charge in [0.1, 0.15) is 55.0 Å². The molecule has 0 aliphatic heterocycles. The van der Waals surface area contributed by atoms with E-state index in [4.69, 9.17) is 47.3 Å². The number of tetrazole rings is 2. The molecule has 0 saturated heterocycles. The number of rotatable bonds is 33. The first-order chi connectivity index (χ1) is 59.7. The third-order valence-electron chi connectivity index (χ3n) is 20.3. The molecule has 0 radical (unpaired) electrons. The van der Waals surface area contributed by atoms with Crippen LogP contribution in [0.25, 0.3) is 54.1 Å². The number of amides is 3. The monoisotopic (exact) mass is 1780 g/mol. The van der Waals surface area contributed by atoms with E-state index in [0.29, 0.717) is 37.0 Å². The number of carbonyl (C=O) groups excluding carboxylic acids is 4. The number of hydrogen-bond acceptors (Lipinski definition) is 23. The first kappa shape index (κ1) is 89.8. The first-order valence-corrected chi connectivity index (χ1v) is 48.6. The van der Waals surface area contributed by atoms with Crippen LogP contribution in [0.4, 0.5) is 22.7 Å². The minimum absolute atomic E-state index is 0.0265. The second kappa shape index (κ2) is 46.0. The Morgan fingerprint density at radius 3 is 1.25 bits per heavy atom. The molecule has 3 amide bonds. The summed E-state index contributed by atoms with van der Waals surface area (Å²) in [7, 11) is 1.00. The number of halogens is 1. The van der Waals surface area contributed by atoms with Gasteiger partial charge in [-0.25, -0.2) is 0 Å². The molecule has 17 rings (SSSR count). The smallest absolute Gasteiger partial charge is 0.231 e. The number of aliphatic hydroxyl groups is 1. The van der Waals surface area contributed by atoms with Crippen molar-refractivity contribution in [2.24, 2.45) is 27.0 Å². The van der Waals surface area contributed by atoms with Crippen molar-refractivity contribution in [3.63, 3.8) is 0 Å². The van der Waals surface area contributed by atoms with Crippen molar-refractivity contribution in [2.75, 3.05) is 40.2 Å². The normalized spacial score (nSPS) is 13.0. The molecule has 122 heavy (non-hydrogen) atoms. The van der Waals surface area contributed by atoms with Gasteiger partial charge in [0, 0.05) is 75.1 Å². The quantitative estimate of drug-likeness (QED) is 0.00485. The second-order valence-corrected chi connectivity index (χ2v) is 41.8. The van der Waals surface area contributed by atoms with Gasteiger partial charge in [0.25, 0.3) is 0 Å². The number of aromatic amines is 2. The summed E-state index contributed by atoms with van der Waals surface area (Å²) in [6.07, 6.45) is 21.8. The van der Waals surface area contributed by atoms with Crippen molar-refractivity contribution in [3.05, 3.63) is 227 Å². The summed E-state index contributed by atoms with van der Waals surface area (Å²) < 4.78 is 8.18. The largest absolute Gasteiger partial charge is 0.411 e. The van der Waals surface area contributed by atoms with E-state index in [1.165, 1.54) is 66.4 Å². The van der Waals surface area contributed by atoms with Gasteiger partial charge in [-0.1, -0.05) is 116 Å². The van der Waals surface area contributed by atoms with Crippen molar-refractivity contribution in [2.45, 2.75) is 157 Å². The summed E-state index contributed by atoms with van der Waals surface area (Å²) in [5.41, 5.74) is 18.3. The van der Waals surface area contributed by atoms with Crippen molar-refractivity contribution < 1.29 is 44.0 Å². The minimum Gasteiger partial charge on any atom is -0.411 e. The van der Waals surface area contributed by atoms with E-state index < -0.39 is 18.7 Å². The van der Waals surface area contributed by atoms with Gasteiger partial charge in [-0.05, 0) is 152 Å². The second-order valence-electron chi connectivity index (χ2n) is 29.6. The van der Waals surface area contributed by atoms with Crippen molar-refractivity contribution >= 4 is 120 Å². The summed E-state index contributed by atoms with van der Waals surface area (Å²) in [6, 6.07) is 56.3. The molecular formula is C86H100ClN25O9Sn. The van der Waals surface area contributed by atoms with Crippen LogP contribution in [-0.2, 0) is 52.1 Å². The molecule has 0 spiro atoms. The number of fused-ring (bicyclic) bond motifs is 4. The zero-order chi connectivity index (χ0) is 86.0. The molecule has 5 N–H and O–H groups in total. The number of H-pyrrole nitrogens is 2. The maximum Gasteiger partial charge on any atom is 0.231 e. The van der Waals surface area contributed by atoms with Gasteiger partial charge in [-0.2, -0.15) is 21.0 Å². The Bertz CT molecular complexity index is 5580. The van der Waals surface area contributed by atoms with Gasteiger partial charge < -0.3 is 39.9 Å². The van der Waals surface area contributed by atoms with Crippen LogP contribution in [0.15, 0.2) is 192 Å². The topological polar surface area (TPSA) is 435 Å². The SMILES string of the molecule is CCC[CH2][Sn]([CH2]CCC)([CH2]CCC)[N]=[N+]=[N-].CO.N#CCN(C(=O)C1CC1)c1ccc2c(cnn2OCc2ccccc2)c1.N#CCNc1ccc2c(cnn2OCc2ccccc2)c1.O=C(C1CC1)N(Cc1nn[nH]n1)c1ccc2c(cnn2O)c1.O=C(C1CC1)N(Cc1nn[nH]n1)c1ccc2c(cnn2OCc2ccccc2)c1.O=C(Cl)C1CC1. The van der Waals surface area contributed by atoms with Crippen LogP contribution in [0.2, 0.25) is 13.3 Å². The molecule has 4 fully saturated rings. The molecule has 7 aromatic carbocycles. The Morgan fingerprint density at radius 2 is 0.893 bits per heavy atom. The van der Waals surface area contributed by atoms with Crippen LogP contribution in [0.3, 0.4) is 0 Å². The Kier molecular flexibility index (Phi) is 33.8. The Balaban J connectivity index is 0.000000147. The Labute approximate surface area is 714 Å². The van der Waals surface area contributed by atoms with Crippen LogP contribution < -0.4 is 34.5 Å². The molecule has 4 saturated carbocycles. The van der Waals surface area contributed by atoms with Crippen molar-refractivity contribution in [3.8, 4) is 12.1 Å². The van der Waals surface area contributed by atoms with Crippen LogP contribution in [0, 0.1) is 46.3 Å². The van der Waals surface area contributed by atoms with E-state index in [1.54, 1.807) is 51.6 Å². The van der Waals surface area contributed by atoms with Gasteiger partial charge >= 0.3 is 105 Å². The fourth-order valence-electron chi connectivity index (χ4n) is 13.0. The third kappa shape index (κ3) is 26.2. The number of benzene rings is 7. The number of carbonyl (C=O) groups is 4. The Hall–Kier alpha value is -13.0. The molecule has 36 heteroatoms. The fraction of sp³-hybridized carbons (Fsp3) is 0.372. The average molecular weight is 1780 g/mol. The first-order valence-electron chi connectivity index (χ1n) is 40.9. The summed E-state index contributed by atoms with van der Waals surface area (Å²) in [5, 5.41) is 84.9. The molecule has 0 atom stereocenters. The maximum atomic E-state index is 12.8. The molecule has 4 aliphatic rings. The van der Waals surface area contributed by atoms with Gasteiger partial charge in [-0.15, -0.1) is 45.6 Å². The predicted molar refractivity (Wildman–Crippen MR) is 463 cm³/mol. The summed E-state index contributed by atoms with van der Waals surface area (Å²) >= 11 is 2.59. The standard InChI is InChI=1S/C20H19N7O2.C20H18N4O2.C16H14N4O.C13H13N7O2.C4H5ClO.3C4H9.CH4O.N3.Sn/c28-20(15-6-7-15)26(12-19-22-24-25-23-19)17-8-9-18-16(10-17)11-21-27(18)29-13-14-4-2-1-3-5-14;21-10-11-23(20(25)16-6-7-16)18-8-9-19-17(12-18)13-22-24(19)26-14-15-4-2-1-3-5-15;17-8-9-18-15-6-7-16-14(10-15)11-19-20(16)21-12-13-4-2-1-3-5-13;21-13(8-1-2-8)19(7-12-15-17-18-16-12)10-3-4-11-9(5-10)6-14-20(11)22;5-4(6)3-1-2-3;3*1-3-4-2;1-2;1-3-2;/h1-5,8-11,15H,6-7,12-13H2,(H,22,23,24,25);1-5,8-9,12-13,16H,6-7,11,14H2;1-7,10-11,18H,9,12H2;3-6,8,22H,1-2,7H2,(H,15,16,17,18);3H,1-2H2;3*1,3-4H2,2H3;2H,1H3;;/q;;;;;;;;;-1;+1. The maximum absolute atomic E-state index is 12.8. The number of nitrogens with one attached hydrogen (secondary N) is 3. The number of nitrogens with zero attached hydrogens (tertiary/aromatic N) is 22. The molecule has 13 aromatic rings. The van der Waals surface area contributed by atoms with Crippen molar-refractivity contribution in [1.29, 1.82) is 10.5 Å². The zero-order valence-corrected chi connectivity index (χ0v) is 72.3. The van der Waals surface area contributed by atoms with Crippen molar-refractivity contribution in [1.82, 2.24) is 81.0 Å². The fourth-order valence-corrected chi connectivity index (χ4v) is 25.5. The molecule has 0 bridgehead atoms. The molecule has 4 aliphatic carbocycles. The van der Waals surface area contributed by atoms with Crippen LogP contribution >= 0.6 is 11.6 Å². The van der Waals surface area contributed by atoms with E-state index in [0.717, 1.165) is 141 Å². The third-order valence-corrected chi connectivity index (χ3v) is 33.1. The predicted octanol–water partition coefficient (Wildman–Crippen LogP) is 14.8. The summed E-state index contributed by atoms with van der Waals surface area (Å²) in [4.78, 5) is 78.5. The number of anilines is 4. The molecule has 0 unspecified atom stereocenters. The minimum atomic E-state index is -2.45. The number of hydrogen-bond donors (Lipinski definition) is 5. The summed E-state index contributed by atoms with van der Waals surface area (Å²) in [5.74, 6) is 1.54. The van der Waals surface area contributed by atoms with E-state index in [-0.39, 0.29) is 72.8 Å². The van der Waals surface area contributed by atoms with E-state index in [1.807, 2.05) is 152 Å². The summed E-state index contributed by atoms with van der Waals surface area (Å²) in [6.45, 7) is 8.85. The molecule has 34 nitrogen and oxygen atoms in total. The van der Waals surface area contributed by atoms with Gasteiger partial charge in [0.15, 0.2) is 11.6 Å². The number of aromatic nitrogens is 16. The Morgan fingerprint density at radius 1 is 0.525 bits per heavy atom. The number of unbranched alkanes of at least 4 members (excludes halogenated alkanes) is 3. The molecule has 6 heterocycles. The number of aliphatic hydroxyl groups excluding tert-OH is 1. The molecular weight excluding hydrogens is 1680 g/mol. The number of azide groups is 1. The van der Waals surface area contributed by atoms with Gasteiger partial charge in [0.2, 0.25) is 23.0 Å². The van der Waals surface area contributed by atoms with E-state index >= 15 is 0 Å². The average Bonchev–Trinajstić information content (AvgIpc) is 1.65. The number of nitriles is 2. The van der Waals surface area contributed by atoms with Crippen LogP contribution in [0.1, 0.15) is 139 Å². The zero-order valence-electron chi connectivity index (χ0n) is 68.6. The molecule has 634 valence electrons. The van der Waals surface area contributed by atoms with Crippen LogP contribution in [0.5, 0.6) is 0 Å². The van der Waals surface area contributed by atoms with E-state index in [2.05, 4.69) is 108 Å². The molecule has 6 aromatic heterocycles.